The predicted octanol–water partition coefficient (Wildman–Crippen LogP) is 2.91. The van der Waals surface area contributed by atoms with Crippen LogP contribution in [0.15, 0.2) is 70.8 Å². The zero-order valence-corrected chi connectivity index (χ0v) is 19.1. The number of amides is 1. The van der Waals surface area contributed by atoms with Crippen molar-refractivity contribution < 1.29 is 19.1 Å². The first-order chi connectivity index (χ1) is 16.3. The van der Waals surface area contributed by atoms with Crippen LogP contribution in [0.1, 0.15) is 22.4 Å². The highest BCUT2D eigenvalue weighted by atomic mass is 35.5. The average Bonchev–Trinajstić information content (AvgIpc) is 3.03. The van der Waals surface area contributed by atoms with Crippen molar-refractivity contribution in [3.05, 3.63) is 104 Å². The standard InChI is InChI=1S/C25H20ClN3O5/c1-13-11-18-19(22(30)28-13)25(20(21(27)34-18)23(31)33-2)16-5-3-4-6-17(16)29(24(25)32)12-14-7-9-15(26)10-8-14/h3-11H,12,27H2,1-2H3,(H,28,30)/t25-/m1/s1. The number of rotatable bonds is 3. The Morgan fingerprint density at radius 1 is 1.18 bits per heavy atom. The Labute approximate surface area is 199 Å². The summed E-state index contributed by atoms with van der Waals surface area (Å²) in [6.45, 7) is 1.87. The number of hydrogen-bond acceptors (Lipinski definition) is 6. The fourth-order valence-corrected chi connectivity index (χ4v) is 4.92. The molecule has 0 saturated heterocycles. The van der Waals surface area contributed by atoms with E-state index in [4.69, 9.17) is 26.8 Å². The van der Waals surface area contributed by atoms with Crippen LogP contribution in [0.2, 0.25) is 5.02 Å². The Kier molecular flexibility index (Phi) is 4.98. The first-order valence-corrected chi connectivity index (χ1v) is 10.8. The van der Waals surface area contributed by atoms with Crippen molar-refractivity contribution in [2.75, 3.05) is 12.0 Å². The van der Waals surface area contributed by atoms with Crippen molar-refractivity contribution in [3.8, 4) is 5.75 Å². The summed E-state index contributed by atoms with van der Waals surface area (Å²) < 4.78 is 10.7. The smallest absolute Gasteiger partial charge is 0.340 e. The number of nitrogens with two attached hydrogens (primary N) is 1. The molecule has 1 amide bonds. The van der Waals surface area contributed by atoms with Crippen LogP contribution in [-0.2, 0) is 26.3 Å². The van der Waals surface area contributed by atoms with Gasteiger partial charge in [0.1, 0.15) is 16.7 Å². The molecule has 3 heterocycles. The molecular weight excluding hydrogens is 458 g/mol. The molecule has 0 saturated carbocycles. The van der Waals surface area contributed by atoms with E-state index in [1.807, 2.05) is 12.1 Å². The van der Waals surface area contributed by atoms with Crippen molar-refractivity contribution >= 4 is 29.2 Å². The van der Waals surface area contributed by atoms with Gasteiger partial charge in [-0.2, -0.15) is 0 Å². The van der Waals surface area contributed by atoms with E-state index in [0.29, 0.717) is 22.0 Å². The quantitative estimate of drug-likeness (QED) is 0.560. The number of halogens is 1. The van der Waals surface area contributed by atoms with Crippen molar-refractivity contribution in [2.24, 2.45) is 5.73 Å². The number of methoxy groups -OCH3 is 1. The molecule has 3 aromatic rings. The molecule has 2 aliphatic rings. The molecule has 9 heteroatoms. The summed E-state index contributed by atoms with van der Waals surface area (Å²) in [7, 11) is 1.18. The number of anilines is 1. The Morgan fingerprint density at radius 3 is 2.59 bits per heavy atom. The molecule has 0 unspecified atom stereocenters. The lowest BCUT2D eigenvalue weighted by molar-refractivity contribution is -0.138. The average molecular weight is 478 g/mol. The monoisotopic (exact) mass is 477 g/mol. The van der Waals surface area contributed by atoms with Crippen molar-refractivity contribution in [3.63, 3.8) is 0 Å². The highest BCUT2D eigenvalue weighted by Gasteiger charge is 2.62. The van der Waals surface area contributed by atoms with Crippen molar-refractivity contribution in [2.45, 2.75) is 18.9 Å². The number of fused-ring (bicyclic) bond motifs is 4. The molecule has 1 atom stereocenters. The number of aromatic amines is 1. The van der Waals surface area contributed by atoms with Crippen LogP contribution >= 0.6 is 11.6 Å². The number of para-hydroxylation sites is 1. The second-order valence-electron chi connectivity index (χ2n) is 8.14. The lowest BCUT2D eigenvalue weighted by Gasteiger charge is -2.35. The third kappa shape index (κ3) is 2.95. The maximum Gasteiger partial charge on any atom is 0.340 e. The van der Waals surface area contributed by atoms with Crippen LogP contribution in [0.4, 0.5) is 5.69 Å². The number of aryl methyl sites for hydroxylation is 1. The number of ether oxygens (including phenoxy) is 2. The van der Waals surface area contributed by atoms with E-state index in [1.54, 1.807) is 49.4 Å². The van der Waals surface area contributed by atoms with Gasteiger partial charge in [-0.05, 0) is 30.7 Å². The topological polar surface area (TPSA) is 115 Å². The predicted molar refractivity (Wildman–Crippen MR) is 126 cm³/mol. The van der Waals surface area contributed by atoms with Gasteiger partial charge < -0.3 is 25.1 Å². The van der Waals surface area contributed by atoms with Gasteiger partial charge in [0.15, 0.2) is 0 Å². The molecule has 2 aliphatic heterocycles. The number of carbonyl (C=O) groups excluding carboxylic acids is 2. The summed E-state index contributed by atoms with van der Waals surface area (Å²) in [6, 6.07) is 15.7. The summed E-state index contributed by atoms with van der Waals surface area (Å²) in [5.74, 6) is -1.55. The van der Waals surface area contributed by atoms with E-state index in [1.165, 1.54) is 12.0 Å². The normalized spacial score (nSPS) is 18.6. The largest absolute Gasteiger partial charge is 0.465 e. The number of nitrogens with one attached hydrogen (secondary N) is 1. The number of benzene rings is 2. The highest BCUT2D eigenvalue weighted by molar-refractivity contribution is 6.30. The van der Waals surface area contributed by atoms with Crippen LogP contribution in [0.25, 0.3) is 0 Å². The molecule has 1 aromatic heterocycles. The summed E-state index contributed by atoms with van der Waals surface area (Å²) in [6.07, 6.45) is 0. The number of hydrogen-bond donors (Lipinski definition) is 2. The number of carbonyl (C=O) groups is 2. The molecule has 8 nitrogen and oxygen atoms in total. The molecule has 0 bridgehead atoms. The van der Waals surface area contributed by atoms with Crippen LogP contribution in [0.3, 0.4) is 0 Å². The molecule has 0 radical (unpaired) electrons. The SMILES string of the molecule is COC(=O)C1=C(N)Oc2cc(C)[nH]c(=O)c2[C@@]12C(=O)N(Cc1ccc(Cl)cc1)c1ccccc12. The van der Waals surface area contributed by atoms with Crippen molar-refractivity contribution in [1.82, 2.24) is 4.98 Å². The molecule has 3 N–H and O–H groups in total. The Bertz CT molecular complexity index is 1440. The molecule has 5 rings (SSSR count). The van der Waals surface area contributed by atoms with Gasteiger partial charge in [0.05, 0.1) is 19.2 Å². The molecule has 172 valence electrons. The van der Waals surface area contributed by atoms with E-state index < -0.39 is 22.9 Å². The third-order valence-corrected chi connectivity index (χ3v) is 6.41. The van der Waals surface area contributed by atoms with E-state index in [-0.39, 0.29) is 29.3 Å². The van der Waals surface area contributed by atoms with E-state index in [9.17, 15) is 14.4 Å². The fourth-order valence-electron chi connectivity index (χ4n) is 4.79. The molecule has 0 fully saturated rings. The maximum absolute atomic E-state index is 14.4. The zero-order chi connectivity index (χ0) is 24.2. The summed E-state index contributed by atoms with van der Waals surface area (Å²) in [4.78, 5) is 45.0. The minimum Gasteiger partial charge on any atom is -0.465 e. The molecule has 34 heavy (non-hydrogen) atoms. The Balaban J connectivity index is 1.83. The minimum absolute atomic E-state index is 0.0104. The maximum atomic E-state index is 14.4. The Morgan fingerprint density at radius 2 is 1.88 bits per heavy atom. The van der Waals surface area contributed by atoms with E-state index >= 15 is 0 Å². The Hall–Kier alpha value is -4.04. The number of pyridine rings is 1. The van der Waals surface area contributed by atoms with E-state index in [2.05, 4.69) is 4.98 Å². The molecule has 2 aromatic carbocycles. The first kappa shape index (κ1) is 21.8. The number of H-pyrrole nitrogens is 1. The van der Waals surface area contributed by atoms with Crippen LogP contribution < -0.4 is 20.9 Å². The van der Waals surface area contributed by atoms with Gasteiger partial charge in [-0.15, -0.1) is 0 Å². The molecule has 1 spiro atoms. The number of nitrogens with zero attached hydrogens (tertiary/aromatic N) is 1. The summed E-state index contributed by atoms with van der Waals surface area (Å²) in [5, 5.41) is 0.567. The van der Waals surface area contributed by atoms with Gasteiger partial charge in [0.25, 0.3) is 5.56 Å². The van der Waals surface area contributed by atoms with Gasteiger partial charge in [-0.3, -0.25) is 9.59 Å². The third-order valence-electron chi connectivity index (χ3n) is 6.16. The number of esters is 1. The van der Waals surface area contributed by atoms with Gasteiger partial charge in [0.2, 0.25) is 11.8 Å². The highest BCUT2D eigenvalue weighted by Crippen LogP contribution is 2.54. The van der Waals surface area contributed by atoms with Gasteiger partial charge in [-0.25, -0.2) is 4.79 Å². The van der Waals surface area contributed by atoms with Crippen LogP contribution in [-0.4, -0.2) is 24.0 Å². The second kappa shape index (κ2) is 7.78. The van der Waals surface area contributed by atoms with Crippen molar-refractivity contribution in [1.29, 1.82) is 0 Å². The second-order valence-corrected chi connectivity index (χ2v) is 8.57. The summed E-state index contributed by atoms with van der Waals surface area (Å²) >= 11 is 6.02. The fraction of sp³-hybridized carbons (Fsp3) is 0.160. The van der Waals surface area contributed by atoms with Gasteiger partial charge >= 0.3 is 5.97 Å². The first-order valence-electron chi connectivity index (χ1n) is 10.5. The van der Waals surface area contributed by atoms with Crippen LogP contribution in [0, 0.1) is 6.92 Å². The van der Waals surface area contributed by atoms with E-state index in [0.717, 1.165) is 5.56 Å². The van der Waals surface area contributed by atoms with Gasteiger partial charge in [0, 0.05) is 28.0 Å². The lowest BCUT2D eigenvalue weighted by Crippen LogP contribution is -2.51. The zero-order valence-electron chi connectivity index (χ0n) is 18.3. The minimum atomic E-state index is -1.84. The molecule has 0 aliphatic carbocycles. The van der Waals surface area contributed by atoms with Crippen LogP contribution in [0.5, 0.6) is 5.75 Å². The lowest BCUT2D eigenvalue weighted by atomic mass is 9.68. The number of aromatic nitrogens is 1. The molecular formula is C25H20ClN3O5. The van der Waals surface area contributed by atoms with Gasteiger partial charge in [-0.1, -0.05) is 41.9 Å². The summed E-state index contributed by atoms with van der Waals surface area (Å²) in [5.41, 5.74) is 5.90.